The van der Waals surface area contributed by atoms with Crippen LogP contribution in [0.25, 0.3) is 0 Å². The first kappa shape index (κ1) is 14.7. The van der Waals surface area contributed by atoms with Crippen LogP contribution >= 0.6 is 23.2 Å². The average Bonchev–Trinajstić information content (AvgIpc) is 2.42. The van der Waals surface area contributed by atoms with Crippen LogP contribution in [-0.2, 0) is 11.2 Å². The van der Waals surface area contributed by atoms with E-state index in [1.807, 2.05) is 0 Å². The predicted molar refractivity (Wildman–Crippen MR) is 78.7 cm³/mol. The molecule has 2 aromatic rings. The van der Waals surface area contributed by atoms with Crippen molar-refractivity contribution in [3.05, 3.63) is 64.1 Å². The molecule has 20 heavy (non-hydrogen) atoms. The minimum absolute atomic E-state index is 0.167. The topological polar surface area (TPSA) is 46.5 Å². The van der Waals surface area contributed by atoms with E-state index in [1.165, 1.54) is 0 Å². The fraction of sp³-hybridized carbons (Fsp3) is 0.133. The Hall–Kier alpha value is -1.71. The van der Waals surface area contributed by atoms with Gasteiger partial charge in [-0.1, -0.05) is 53.5 Å². The van der Waals surface area contributed by atoms with E-state index < -0.39 is 12.1 Å². The van der Waals surface area contributed by atoms with Crippen molar-refractivity contribution in [3.63, 3.8) is 0 Å². The molecule has 1 atom stereocenters. The maximum Gasteiger partial charge on any atom is 0.345 e. The van der Waals surface area contributed by atoms with E-state index in [0.29, 0.717) is 21.4 Å². The van der Waals surface area contributed by atoms with Crippen LogP contribution in [-0.4, -0.2) is 17.2 Å². The second-order valence-corrected chi connectivity index (χ2v) is 4.99. The van der Waals surface area contributed by atoms with Gasteiger partial charge in [-0.2, -0.15) is 0 Å². The zero-order valence-electron chi connectivity index (χ0n) is 10.4. The number of para-hydroxylation sites is 1. The quantitative estimate of drug-likeness (QED) is 0.905. The standard InChI is InChI=1S/C15H12Cl2O3/c16-11-6-2-1-5-10(11)9-14(15(18)19)20-13-8-4-3-7-12(13)17/h1-8,14H,9H2,(H,18,19). The molecule has 1 unspecified atom stereocenters. The lowest BCUT2D eigenvalue weighted by molar-refractivity contribution is -0.145. The summed E-state index contributed by atoms with van der Waals surface area (Å²) in [6, 6.07) is 13.8. The Morgan fingerprint density at radius 3 is 2.25 bits per heavy atom. The largest absolute Gasteiger partial charge is 0.478 e. The van der Waals surface area contributed by atoms with Crippen LogP contribution in [0.15, 0.2) is 48.5 Å². The average molecular weight is 311 g/mol. The summed E-state index contributed by atoms with van der Waals surface area (Å²) in [6.45, 7) is 0. The highest BCUT2D eigenvalue weighted by molar-refractivity contribution is 6.32. The number of carboxylic acids is 1. The van der Waals surface area contributed by atoms with Crippen molar-refractivity contribution in [1.29, 1.82) is 0 Å². The molecule has 1 N–H and O–H groups in total. The summed E-state index contributed by atoms with van der Waals surface area (Å²) in [7, 11) is 0. The van der Waals surface area contributed by atoms with Crippen LogP contribution in [0.1, 0.15) is 5.56 Å². The summed E-state index contributed by atoms with van der Waals surface area (Å²) < 4.78 is 5.48. The van der Waals surface area contributed by atoms with Crippen LogP contribution in [0.2, 0.25) is 10.0 Å². The molecule has 2 rings (SSSR count). The minimum atomic E-state index is -1.06. The number of benzene rings is 2. The first-order valence-electron chi connectivity index (χ1n) is 5.95. The third kappa shape index (κ3) is 3.65. The Morgan fingerprint density at radius 1 is 1.05 bits per heavy atom. The molecule has 5 heteroatoms. The van der Waals surface area contributed by atoms with Gasteiger partial charge in [0.15, 0.2) is 6.10 Å². The number of ether oxygens (including phenoxy) is 1. The second kappa shape index (κ2) is 6.64. The molecular formula is C15H12Cl2O3. The maximum atomic E-state index is 11.3. The normalized spacial score (nSPS) is 11.9. The van der Waals surface area contributed by atoms with Gasteiger partial charge in [-0.3, -0.25) is 0 Å². The van der Waals surface area contributed by atoms with E-state index >= 15 is 0 Å². The molecule has 104 valence electrons. The molecule has 0 radical (unpaired) electrons. The van der Waals surface area contributed by atoms with Crippen molar-refractivity contribution in [2.45, 2.75) is 12.5 Å². The monoisotopic (exact) mass is 310 g/mol. The second-order valence-electron chi connectivity index (χ2n) is 4.17. The fourth-order valence-electron chi connectivity index (χ4n) is 1.74. The molecule has 0 fully saturated rings. The van der Waals surface area contributed by atoms with Crippen LogP contribution in [0.4, 0.5) is 0 Å². The van der Waals surface area contributed by atoms with Crippen molar-refractivity contribution in [2.24, 2.45) is 0 Å². The fourth-order valence-corrected chi connectivity index (χ4v) is 2.13. The summed E-state index contributed by atoms with van der Waals surface area (Å²) in [5.41, 5.74) is 0.716. The van der Waals surface area contributed by atoms with Crippen molar-refractivity contribution in [3.8, 4) is 5.75 Å². The van der Waals surface area contributed by atoms with Gasteiger partial charge in [-0.05, 0) is 23.8 Å². The zero-order valence-corrected chi connectivity index (χ0v) is 11.9. The number of carbonyl (C=O) groups is 1. The van der Waals surface area contributed by atoms with Crippen molar-refractivity contribution >= 4 is 29.2 Å². The summed E-state index contributed by atoms with van der Waals surface area (Å²) in [4.78, 5) is 11.3. The zero-order chi connectivity index (χ0) is 14.5. The number of halogens is 2. The highest BCUT2D eigenvalue weighted by Gasteiger charge is 2.22. The molecular weight excluding hydrogens is 299 g/mol. The summed E-state index contributed by atoms with van der Waals surface area (Å²) in [5, 5.41) is 10.2. The van der Waals surface area contributed by atoms with E-state index in [9.17, 15) is 9.90 Å². The molecule has 0 amide bonds. The number of hydrogen-bond acceptors (Lipinski definition) is 2. The lowest BCUT2D eigenvalue weighted by atomic mass is 10.1. The van der Waals surface area contributed by atoms with Crippen LogP contribution in [0, 0.1) is 0 Å². The molecule has 0 spiro atoms. The lowest BCUT2D eigenvalue weighted by Gasteiger charge is -2.16. The van der Waals surface area contributed by atoms with Crippen LogP contribution in [0.5, 0.6) is 5.75 Å². The van der Waals surface area contributed by atoms with Crippen LogP contribution < -0.4 is 4.74 Å². The van der Waals surface area contributed by atoms with Crippen molar-refractivity contribution < 1.29 is 14.6 Å². The molecule has 0 aliphatic rings. The van der Waals surface area contributed by atoms with Gasteiger partial charge < -0.3 is 9.84 Å². The number of rotatable bonds is 5. The van der Waals surface area contributed by atoms with Gasteiger partial charge in [0, 0.05) is 11.4 Å². The highest BCUT2D eigenvalue weighted by Crippen LogP contribution is 2.26. The highest BCUT2D eigenvalue weighted by atomic mass is 35.5. The number of hydrogen-bond donors (Lipinski definition) is 1. The van der Waals surface area contributed by atoms with E-state index in [1.54, 1.807) is 48.5 Å². The first-order chi connectivity index (χ1) is 9.58. The van der Waals surface area contributed by atoms with Crippen LogP contribution in [0.3, 0.4) is 0 Å². The van der Waals surface area contributed by atoms with Gasteiger partial charge in [-0.15, -0.1) is 0 Å². The first-order valence-corrected chi connectivity index (χ1v) is 6.71. The Labute approximate surface area is 126 Å². The summed E-state index contributed by atoms with van der Waals surface area (Å²) >= 11 is 12.0. The predicted octanol–water partition coefficient (Wildman–Crippen LogP) is 4.07. The van der Waals surface area contributed by atoms with Gasteiger partial charge >= 0.3 is 5.97 Å². The maximum absolute atomic E-state index is 11.3. The van der Waals surface area contributed by atoms with Gasteiger partial charge in [-0.25, -0.2) is 4.79 Å². The molecule has 0 aromatic heterocycles. The Kier molecular flexibility index (Phi) is 4.88. The van der Waals surface area contributed by atoms with Gasteiger partial charge in [0.2, 0.25) is 0 Å². The van der Waals surface area contributed by atoms with Crippen molar-refractivity contribution in [1.82, 2.24) is 0 Å². The number of carboxylic acid groups (broad SMARTS) is 1. The molecule has 3 nitrogen and oxygen atoms in total. The van der Waals surface area contributed by atoms with Gasteiger partial charge in [0.05, 0.1) is 5.02 Å². The smallest absolute Gasteiger partial charge is 0.345 e. The van der Waals surface area contributed by atoms with Gasteiger partial charge in [0.25, 0.3) is 0 Å². The minimum Gasteiger partial charge on any atom is -0.478 e. The summed E-state index contributed by atoms with van der Waals surface area (Å²) in [6.07, 6.45) is -0.880. The van der Waals surface area contributed by atoms with E-state index in [4.69, 9.17) is 27.9 Å². The van der Waals surface area contributed by atoms with E-state index in [2.05, 4.69) is 0 Å². The molecule has 0 aliphatic carbocycles. The molecule has 0 heterocycles. The van der Waals surface area contributed by atoms with Crippen molar-refractivity contribution in [2.75, 3.05) is 0 Å². The summed E-state index contributed by atoms with van der Waals surface area (Å²) in [5.74, 6) is -0.724. The number of aliphatic carboxylic acids is 1. The SMILES string of the molecule is O=C(O)C(Cc1ccccc1Cl)Oc1ccccc1Cl. The third-order valence-corrected chi connectivity index (χ3v) is 3.43. The lowest BCUT2D eigenvalue weighted by Crippen LogP contribution is -2.29. The molecule has 0 aliphatic heterocycles. The Bertz CT molecular complexity index is 566. The Balaban J connectivity index is 2.19. The molecule has 0 saturated heterocycles. The Morgan fingerprint density at radius 2 is 1.65 bits per heavy atom. The molecule has 0 saturated carbocycles. The third-order valence-electron chi connectivity index (χ3n) is 2.74. The molecule has 2 aromatic carbocycles. The molecule has 0 bridgehead atoms. The van der Waals surface area contributed by atoms with E-state index in [-0.39, 0.29) is 6.42 Å². The van der Waals surface area contributed by atoms with E-state index in [0.717, 1.165) is 0 Å². The van der Waals surface area contributed by atoms with Gasteiger partial charge in [0.1, 0.15) is 5.75 Å².